The van der Waals surface area contributed by atoms with Gasteiger partial charge < -0.3 is 14.6 Å². The van der Waals surface area contributed by atoms with E-state index in [1.54, 1.807) is 12.6 Å². The van der Waals surface area contributed by atoms with Crippen LogP contribution in [0.15, 0.2) is 35.3 Å². The molecule has 0 unspecified atom stereocenters. The third-order valence-electron chi connectivity index (χ3n) is 3.51. The summed E-state index contributed by atoms with van der Waals surface area (Å²) >= 11 is 0. The van der Waals surface area contributed by atoms with E-state index in [2.05, 4.69) is 25.4 Å². The average Bonchev–Trinajstić information content (AvgIpc) is 3.18. The molecule has 20 heavy (non-hydrogen) atoms. The van der Waals surface area contributed by atoms with Crippen molar-refractivity contribution in [3.63, 3.8) is 0 Å². The summed E-state index contributed by atoms with van der Waals surface area (Å²) in [7, 11) is 0. The summed E-state index contributed by atoms with van der Waals surface area (Å²) in [4.78, 5) is 6.80. The van der Waals surface area contributed by atoms with E-state index in [0.717, 1.165) is 49.1 Å². The number of nitrogens with one attached hydrogen (secondary N) is 1. The first-order valence-corrected chi connectivity index (χ1v) is 6.62. The van der Waals surface area contributed by atoms with Crippen LogP contribution in [-0.4, -0.2) is 45.8 Å². The minimum Gasteiger partial charge on any atom is -0.463 e. The van der Waals surface area contributed by atoms with E-state index in [4.69, 9.17) is 4.42 Å². The number of piperazine rings is 1. The molecule has 4 heterocycles. The standard InChI is InChI=1S/C13H14N6O/c1-2-11(20-7-1)10-8-15-12(13-17-16-9-19(10)13)18-5-3-14-4-6-18/h1-2,7-9,14H,3-6H2. The zero-order chi connectivity index (χ0) is 13.4. The molecule has 0 aliphatic carbocycles. The third-order valence-corrected chi connectivity index (χ3v) is 3.51. The summed E-state index contributed by atoms with van der Waals surface area (Å²) in [6.45, 7) is 3.77. The van der Waals surface area contributed by atoms with Crippen molar-refractivity contribution in [1.29, 1.82) is 0 Å². The van der Waals surface area contributed by atoms with Crippen LogP contribution in [0, 0.1) is 0 Å². The van der Waals surface area contributed by atoms with Gasteiger partial charge in [-0.25, -0.2) is 4.98 Å². The van der Waals surface area contributed by atoms with Crippen molar-refractivity contribution < 1.29 is 4.42 Å². The van der Waals surface area contributed by atoms with Crippen molar-refractivity contribution >= 4 is 11.5 Å². The maximum atomic E-state index is 5.44. The maximum absolute atomic E-state index is 5.44. The van der Waals surface area contributed by atoms with Gasteiger partial charge in [-0.3, -0.25) is 4.40 Å². The molecular weight excluding hydrogens is 256 g/mol. The van der Waals surface area contributed by atoms with Crippen LogP contribution in [0.2, 0.25) is 0 Å². The van der Waals surface area contributed by atoms with Gasteiger partial charge in [0.2, 0.25) is 5.65 Å². The second kappa shape index (κ2) is 4.61. The molecule has 1 aliphatic rings. The van der Waals surface area contributed by atoms with Gasteiger partial charge in [0.1, 0.15) is 12.0 Å². The second-order valence-corrected chi connectivity index (χ2v) is 4.71. The van der Waals surface area contributed by atoms with Crippen molar-refractivity contribution in [3.05, 3.63) is 30.9 Å². The van der Waals surface area contributed by atoms with Gasteiger partial charge in [-0.15, -0.1) is 10.2 Å². The van der Waals surface area contributed by atoms with Gasteiger partial charge in [-0.2, -0.15) is 0 Å². The van der Waals surface area contributed by atoms with Crippen LogP contribution in [0.5, 0.6) is 0 Å². The van der Waals surface area contributed by atoms with Crippen molar-refractivity contribution in [3.8, 4) is 11.5 Å². The lowest BCUT2D eigenvalue weighted by Gasteiger charge is -2.28. The monoisotopic (exact) mass is 270 g/mol. The molecule has 102 valence electrons. The summed E-state index contributed by atoms with van der Waals surface area (Å²) < 4.78 is 7.36. The molecule has 0 saturated carbocycles. The predicted molar refractivity (Wildman–Crippen MR) is 73.6 cm³/mol. The Balaban J connectivity index is 1.85. The van der Waals surface area contributed by atoms with E-state index in [1.165, 1.54) is 0 Å². The molecule has 1 N–H and O–H groups in total. The lowest BCUT2D eigenvalue weighted by Crippen LogP contribution is -2.44. The van der Waals surface area contributed by atoms with Crippen LogP contribution < -0.4 is 10.2 Å². The number of hydrogen-bond donors (Lipinski definition) is 1. The Kier molecular flexibility index (Phi) is 2.63. The second-order valence-electron chi connectivity index (χ2n) is 4.71. The van der Waals surface area contributed by atoms with E-state index in [0.29, 0.717) is 0 Å². The van der Waals surface area contributed by atoms with Crippen molar-refractivity contribution in [1.82, 2.24) is 24.9 Å². The minimum atomic E-state index is 0.758. The molecule has 0 spiro atoms. The smallest absolute Gasteiger partial charge is 0.204 e. The Labute approximate surface area is 115 Å². The third kappa shape index (κ3) is 1.75. The SMILES string of the molecule is c1coc(-c2cnc(N3CCNCC3)c3nncn23)c1. The predicted octanol–water partition coefficient (Wildman–Crippen LogP) is 0.794. The highest BCUT2D eigenvalue weighted by Gasteiger charge is 2.18. The van der Waals surface area contributed by atoms with Crippen LogP contribution in [0.4, 0.5) is 5.82 Å². The molecule has 0 amide bonds. The summed E-state index contributed by atoms with van der Waals surface area (Å²) in [5, 5.41) is 11.6. The van der Waals surface area contributed by atoms with Gasteiger partial charge in [0, 0.05) is 26.2 Å². The lowest BCUT2D eigenvalue weighted by atomic mass is 10.3. The number of furan rings is 1. The van der Waals surface area contributed by atoms with E-state index < -0.39 is 0 Å². The molecule has 0 radical (unpaired) electrons. The van der Waals surface area contributed by atoms with Crippen molar-refractivity contribution in [2.45, 2.75) is 0 Å². The molecular formula is C13H14N6O. The van der Waals surface area contributed by atoms with Crippen LogP contribution in [0.1, 0.15) is 0 Å². The van der Waals surface area contributed by atoms with Crippen molar-refractivity contribution in [2.24, 2.45) is 0 Å². The molecule has 1 saturated heterocycles. The summed E-state index contributed by atoms with van der Waals surface area (Å²) in [5.41, 5.74) is 1.62. The van der Waals surface area contributed by atoms with Gasteiger partial charge >= 0.3 is 0 Å². The number of hydrogen-bond acceptors (Lipinski definition) is 6. The number of fused-ring (bicyclic) bond motifs is 1. The van der Waals surface area contributed by atoms with Gasteiger partial charge in [-0.05, 0) is 12.1 Å². The Morgan fingerprint density at radius 1 is 1.25 bits per heavy atom. The molecule has 0 bridgehead atoms. The van der Waals surface area contributed by atoms with Crippen LogP contribution in [0.3, 0.4) is 0 Å². The molecule has 4 rings (SSSR count). The van der Waals surface area contributed by atoms with Crippen LogP contribution in [-0.2, 0) is 0 Å². The summed E-state index contributed by atoms with van der Waals surface area (Å²) in [6, 6.07) is 3.76. The van der Waals surface area contributed by atoms with E-state index in [1.807, 2.05) is 22.7 Å². The topological polar surface area (TPSA) is 71.5 Å². The van der Waals surface area contributed by atoms with E-state index in [9.17, 15) is 0 Å². The first-order chi connectivity index (χ1) is 9.93. The Bertz CT molecular complexity index is 714. The fourth-order valence-corrected chi connectivity index (χ4v) is 2.51. The molecule has 0 aromatic carbocycles. The molecule has 3 aromatic rings. The first kappa shape index (κ1) is 11.4. The normalized spacial score (nSPS) is 15.9. The highest BCUT2D eigenvalue weighted by molar-refractivity contribution is 5.68. The van der Waals surface area contributed by atoms with E-state index in [-0.39, 0.29) is 0 Å². The zero-order valence-corrected chi connectivity index (χ0v) is 10.9. The Morgan fingerprint density at radius 3 is 2.95 bits per heavy atom. The van der Waals surface area contributed by atoms with Gasteiger partial charge in [-0.1, -0.05) is 0 Å². The highest BCUT2D eigenvalue weighted by Crippen LogP contribution is 2.24. The van der Waals surface area contributed by atoms with Gasteiger partial charge in [0.15, 0.2) is 11.6 Å². The van der Waals surface area contributed by atoms with Gasteiger partial charge in [0.25, 0.3) is 0 Å². The molecule has 3 aromatic heterocycles. The molecule has 1 aliphatic heterocycles. The zero-order valence-electron chi connectivity index (χ0n) is 10.9. The molecule has 1 fully saturated rings. The highest BCUT2D eigenvalue weighted by atomic mass is 16.3. The first-order valence-electron chi connectivity index (χ1n) is 6.62. The molecule has 7 heteroatoms. The number of nitrogens with zero attached hydrogens (tertiary/aromatic N) is 5. The number of rotatable bonds is 2. The Morgan fingerprint density at radius 2 is 2.15 bits per heavy atom. The van der Waals surface area contributed by atoms with Gasteiger partial charge in [0.05, 0.1) is 12.5 Å². The average molecular weight is 270 g/mol. The Hall–Kier alpha value is -2.41. The van der Waals surface area contributed by atoms with Crippen molar-refractivity contribution in [2.75, 3.05) is 31.1 Å². The summed E-state index contributed by atoms with van der Waals surface area (Å²) in [5.74, 6) is 1.63. The number of anilines is 1. The summed E-state index contributed by atoms with van der Waals surface area (Å²) in [6.07, 6.45) is 5.16. The fourth-order valence-electron chi connectivity index (χ4n) is 2.51. The largest absolute Gasteiger partial charge is 0.463 e. The lowest BCUT2D eigenvalue weighted by molar-refractivity contribution is 0.576. The number of aromatic nitrogens is 4. The quantitative estimate of drug-likeness (QED) is 0.742. The van der Waals surface area contributed by atoms with E-state index >= 15 is 0 Å². The maximum Gasteiger partial charge on any atom is 0.204 e. The van der Waals surface area contributed by atoms with Crippen LogP contribution >= 0.6 is 0 Å². The molecule has 7 nitrogen and oxygen atoms in total. The van der Waals surface area contributed by atoms with Crippen LogP contribution in [0.25, 0.3) is 17.1 Å². The molecule has 0 atom stereocenters. The fraction of sp³-hybridized carbons (Fsp3) is 0.308. The minimum absolute atomic E-state index is 0.758.